The lowest BCUT2D eigenvalue weighted by atomic mass is 9.53. The summed E-state index contributed by atoms with van der Waals surface area (Å²) in [6.45, 7) is 15.6. The summed E-state index contributed by atoms with van der Waals surface area (Å²) in [6, 6.07) is 8.04. The predicted octanol–water partition coefficient (Wildman–Crippen LogP) is 8.27. The van der Waals surface area contributed by atoms with Crippen LogP contribution >= 0.6 is 12.2 Å². The summed E-state index contributed by atoms with van der Waals surface area (Å²) >= 11 is 5.61. The van der Waals surface area contributed by atoms with Crippen LogP contribution in [0.1, 0.15) is 111 Å². The molecule has 0 spiro atoms. The lowest BCUT2D eigenvalue weighted by Crippen LogP contribution is -2.55. The third kappa shape index (κ3) is 6.09. The minimum atomic E-state index is -0.997. The van der Waals surface area contributed by atoms with Gasteiger partial charge in [-0.1, -0.05) is 72.1 Å². The number of nitrogens with one attached hydrogen (secondary N) is 2. The zero-order valence-corrected chi connectivity index (χ0v) is 29.0. The Labute approximate surface area is 271 Å². The molecular weight excluding hydrogens is 566 g/mol. The maximum Gasteiger partial charge on any atom is 0.302 e. The van der Waals surface area contributed by atoms with E-state index in [2.05, 4.69) is 45.4 Å². The Morgan fingerprint density at radius 3 is 2.57 bits per heavy atom. The molecule has 10 atom stereocenters. The van der Waals surface area contributed by atoms with Gasteiger partial charge < -0.3 is 15.2 Å². The average Bonchev–Trinajstić information content (AvgIpc) is 3.39. The maximum absolute atomic E-state index is 12.9. The molecule has 0 saturated heterocycles. The van der Waals surface area contributed by atoms with Crippen molar-refractivity contribution in [1.82, 2.24) is 5.43 Å². The third-order valence-electron chi connectivity index (χ3n) is 13.0. The molecule has 4 fully saturated rings. The van der Waals surface area contributed by atoms with Gasteiger partial charge >= 0.3 is 5.97 Å². The summed E-state index contributed by atoms with van der Waals surface area (Å²) in [5.41, 5.74) is 4.16. The second kappa shape index (κ2) is 13.0. The molecule has 0 amide bonds. The molecule has 4 aliphatic rings. The molecule has 244 valence electrons. The standard InChI is InChI=1S/C37H57N3O3S/c1-23(2)11-10-13-24(3)28-15-16-29-33-30(18-19-35(28,29)6)36(7)20-17-27(43-26(5)41)21-37(36,42)31(33)22-38-40-34(44)39-32-14-9-8-12-25(32)4/h8-9,12,14,22-24,27-31,33,42H,10-11,13,15-21H2,1-7H3,(H2,39,40,44)/b38-22+/t24-,27+,28-,29?,30?,31?,33?,35-,36-,37-/m1/s1. The first-order valence-corrected chi connectivity index (χ1v) is 17.8. The molecule has 44 heavy (non-hydrogen) atoms. The summed E-state index contributed by atoms with van der Waals surface area (Å²) in [6.07, 6.45) is 12.7. The normalized spacial score (nSPS) is 38.6. The first-order chi connectivity index (χ1) is 20.8. The number of aryl methyl sites for hydroxylation is 1. The van der Waals surface area contributed by atoms with Gasteiger partial charge in [0.1, 0.15) is 6.10 Å². The fourth-order valence-corrected chi connectivity index (χ4v) is 10.9. The van der Waals surface area contributed by atoms with Gasteiger partial charge in [0.15, 0.2) is 5.11 Å². The molecule has 0 bridgehead atoms. The Bertz CT molecular complexity index is 1240. The molecule has 0 aromatic heterocycles. The molecule has 5 rings (SSSR count). The second-order valence-electron chi connectivity index (χ2n) is 15.8. The third-order valence-corrected chi connectivity index (χ3v) is 13.2. The van der Waals surface area contributed by atoms with Gasteiger partial charge in [0.05, 0.1) is 5.60 Å². The van der Waals surface area contributed by atoms with Gasteiger partial charge in [0.25, 0.3) is 0 Å². The summed E-state index contributed by atoms with van der Waals surface area (Å²) in [5.74, 6) is 3.11. The van der Waals surface area contributed by atoms with Crippen molar-refractivity contribution in [3.05, 3.63) is 29.8 Å². The zero-order chi connectivity index (χ0) is 31.9. The fourth-order valence-electron chi connectivity index (χ4n) is 10.8. The van der Waals surface area contributed by atoms with Crippen LogP contribution in [0, 0.1) is 59.2 Å². The van der Waals surface area contributed by atoms with Crippen molar-refractivity contribution in [1.29, 1.82) is 0 Å². The molecule has 4 unspecified atom stereocenters. The Morgan fingerprint density at radius 2 is 1.86 bits per heavy atom. The molecule has 1 aromatic rings. The number of hydrogen-bond acceptors (Lipinski definition) is 5. The highest BCUT2D eigenvalue weighted by Crippen LogP contribution is 2.73. The van der Waals surface area contributed by atoms with Crippen molar-refractivity contribution in [2.24, 2.45) is 57.4 Å². The van der Waals surface area contributed by atoms with E-state index in [-0.39, 0.29) is 28.8 Å². The van der Waals surface area contributed by atoms with Gasteiger partial charge in [0, 0.05) is 36.6 Å². The van der Waals surface area contributed by atoms with Crippen LogP contribution < -0.4 is 10.7 Å². The highest BCUT2D eigenvalue weighted by molar-refractivity contribution is 7.80. The van der Waals surface area contributed by atoms with Crippen molar-refractivity contribution in [2.75, 3.05) is 5.32 Å². The zero-order valence-electron chi connectivity index (χ0n) is 28.2. The van der Waals surface area contributed by atoms with Crippen molar-refractivity contribution in [3.8, 4) is 0 Å². The highest BCUT2D eigenvalue weighted by Gasteiger charge is 2.72. The number of rotatable bonds is 9. The minimum absolute atomic E-state index is 0.135. The van der Waals surface area contributed by atoms with E-state index in [1.165, 1.54) is 45.4 Å². The van der Waals surface area contributed by atoms with Crippen LogP contribution in [0.15, 0.2) is 29.4 Å². The van der Waals surface area contributed by atoms with Crippen molar-refractivity contribution in [3.63, 3.8) is 0 Å². The molecule has 0 heterocycles. The van der Waals surface area contributed by atoms with Gasteiger partial charge in [-0.05, 0) is 110 Å². The number of hydrazone groups is 1. The molecule has 6 nitrogen and oxygen atoms in total. The Balaban J connectivity index is 1.42. The van der Waals surface area contributed by atoms with E-state index in [9.17, 15) is 9.90 Å². The number of para-hydroxylation sites is 1. The Kier molecular flexibility index (Phi) is 9.88. The molecule has 1 aromatic carbocycles. The number of thiocarbonyl (C=S) groups is 1. The molecule has 0 radical (unpaired) electrons. The largest absolute Gasteiger partial charge is 0.462 e. The number of hydrogen-bond donors (Lipinski definition) is 3. The Hall–Kier alpha value is -1.99. The number of fused-ring (bicyclic) bond motifs is 5. The quantitative estimate of drug-likeness (QED) is 0.111. The number of carbonyl (C=O) groups is 1. The van der Waals surface area contributed by atoms with Crippen molar-refractivity contribution < 1.29 is 14.6 Å². The molecule has 0 aliphatic heterocycles. The van der Waals surface area contributed by atoms with Crippen LogP contribution in [0.4, 0.5) is 5.69 Å². The molecule has 7 heteroatoms. The summed E-state index contributed by atoms with van der Waals surface area (Å²) in [4.78, 5) is 12.0. The van der Waals surface area contributed by atoms with Crippen LogP contribution in [-0.4, -0.2) is 34.1 Å². The van der Waals surface area contributed by atoms with Gasteiger partial charge in [-0.15, -0.1) is 0 Å². The average molecular weight is 624 g/mol. The molecule has 4 aliphatic carbocycles. The number of aliphatic hydroxyl groups is 1. The van der Waals surface area contributed by atoms with E-state index < -0.39 is 5.60 Å². The van der Waals surface area contributed by atoms with E-state index in [4.69, 9.17) is 22.1 Å². The van der Waals surface area contributed by atoms with Crippen molar-refractivity contribution >= 4 is 35.2 Å². The first kappa shape index (κ1) is 33.4. The van der Waals surface area contributed by atoms with Crippen molar-refractivity contribution in [2.45, 2.75) is 124 Å². The monoisotopic (exact) mass is 623 g/mol. The summed E-state index contributed by atoms with van der Waals surface area (Å²) in [7, 11) is 0. The molecule has 4 saturated carbocycles. The van der Waals surface area contributed by atoms with Gasteiger partial charge in [-0.2, -0.15) is 5.10 Å². The molecular formula is C37H57N3O3S. The van der Waals surface area contributed by atoms with E-state index >= 15 is 0 Å². The van der Waals surface area contributed by atoms with Crippen LogP contribution in [-0.2, 0) is 9.53 Å². The number of nitrogens with zero attached hydrogens (tertiary/aromatic N) is 1. The maximum atomic E-state index is 12.9. The van der Waals surface area contributed by atoms with Crippen LogP contribution in [0.3, 0.4) is 0 Å². The minimum Gasteiger partial charge on any atom is -0.462 e. The van der Waals surface area contributed by atoms with E-state index in [1.54, 1.807) is 0 Å². The first-order valence-electron chi connectivity index (χ1n) is 17.4. The van der Waals surface area contributed by atoms with E-state index in [1.807, 2.05) is 37.4 Å². The van der Waals surface area contributed by atoms with E-state index in [0.29, 0.717) is 29.3 Å². The number of benzene rings is 1. The number of carbonyl (C=O) groups excluding carboxylic acids is 1. The van der Waals surface area contributed by atoms with Gasteiger partial charge in [-0.25, -0.2) is 0 Å². The number of ether oxygens (including phenoxy) is 1. The topological polar surface area (TPSA) is 83.0 Å². The molecule has 3 N–H and O–H groups in total. The lowest BCUT2D eigenvalue weighted by Gasteiger charge is -2.52. The summed E-state index contributed by atoms with van der Waals surface area (Å²) < 4.78 is 5.75. The Morgan fingerprint density at radius 1 is 1.11 bits per heavy atom. The van der Waals surface area contributed by atoms with E-state index in [0.717, 1.165) is 48.3 Å². The van der Waals surface area contributed by atoms with Gasteiger partial charge in [-0.3, -0.25) is 10.2 Å². The predicted molar refractivity (Wildman–Crippen MR) is 183 cm³/mol. The van der Waals surface area contributed by atoms with Crippen LogP contribution in [0.5, 0.6) is 0 Å². The number of esters is 1. The highest BCUT2D eigenvalue weighted by atomic mass is 32.1. The fraction of sp³-hybridized carbons (Fsp3) is 0.757. The van der Waals surface area contributed by atoms with Gasteiger partial charge in [0.2, 0.25) is 0 Å². The number of anilines is 1. The second-order valence-corrected chi connectivity index (χ2v) is 16.2. The summed E-state index contributed by atoms with van der Waals surface area (Å²) in [5, 5.41) is 21.3. The smallest absolute Gasteiger partial charge is 0.302 e. The lowest BCUT2D eigenvalue weighted by molar-refractivity contribution is -0.170. The van der Waals surface area contributed by atoms with Crippen LogP contribution in [0.25, 0.3) is 0 Å². The SMILES string of the molecule is CC(=O)O[C@H]1CC[C@]2(C)C3CC[C@@]4(C)C(CC[C@@H]4[C@H](C)CCCC(C)C)C3C(/C=N/NC(=S)Nc3ccccc3C)[C@]2(O)C1. The van der Waals surface area contributed by atoms with Crippen LogP contribution in [0.2, 0.25) is 0 Å².